The van der Waals surface area contributed by atoms with Crippen molar-refractivity contribution in [3.05, 3.63) is 89.7 Å². The van der Waals surface area contributed by atoms with Gasteiger partial charge in [0.15, 0.2) is 11.0 Å². The van der Waals surface area contributed by atoms with Gasteiger partial charge in [-0.3, -0.25) is 4.57 Å². The lowest BCUT2D eigenvalue weighted by atomic mass is 10.2. The third-order valence-corrected chi connectivity index (χ3v) is 6.14. The molecular weight excluding hydrogens is 446 g/mol. The Morgan fingerprint density at radius 1 is 0.969 bits per heavy atom. The van der Waals surface area contributed by atoms with Crippen LogP contribution >= 0.6 is 23.4 Å². The monoisotopic (exact) mass is 463 g/mol. The summed E-state index contributed by atoms with van der Waals surface area (Å²) in [5.74, 6) is 2.61. The summed E-state index contributed by atoms with van der Waals surface area (Å²) >= 11 is 7.55. The van der Waals surface area contributed by atoms with Gasteiger partial charge in [-0.1, -0.05) is 58.9 Å². The summed E-state index contributed by atoms with van der Waals surface area (Å²) in [7, 11) is 0. The fourth-order valence-electron chi connectivity index (χ4n) is 3.20. The average molecular weight is 464 g/mol. The number of thioether (sulfide) groups is 1. The minimum atomic E-state index is -0.127. The molecule has 7 nitrogen and oxygen atoms in total. The average Bonchev–Trinajstić information content (AvgIpc) is 3.58. The van der Waals surface area contributed by atoms with Crippen LogP contribution in [0.2, 0.25) is 5.02 Å². The molecule has 3 aromatic heterocycles. The van der Waals surface area contributed by atoms with E-state index in [9.17, 15) is 0 Å². The molecule has 5 rings (SSSR count). The second-order valence-electron chi connectivity index (χ2n) is 7.06. The molecule has 0 aliphatic carbocycles. The molecule has 1 unspecified atom stereocenters. The summed E-state index contributed by atoms with van der Waals surface area (Å²) in [6.07, 6.45) is 1.65. The number of aromatic nitrogens is 5. The van der Waals surface area contributed by atoms with Gasteiger partial charge < -0.3 is 8.94 Å². The second-order valence-corrected chi connectivity index (χ2v) is 8.81. The van der Waals surface area contributed by atoms with Crippen molar-refractivity contribution in [1.82, 2.24) is 24.9 Å². The largest absolute Gasteiger partial charge is 0.467 e. The van der Waals surface area contributed by atoms with Crippen LogP contribution in [0.3, 0.4) is 0 Å². The molecule has 0 N–H and O–H groups in total. The van der Waals surface area contributed by atoms with Gasteiger partial charge in [-0.2, -0.15) is 4.98 Å². The van der Waals surface area contributed by atoms with Crippen LogP contribution in [0, 0.1) is 0 Å². The first-order chi connectivity index (χ1) is 15.7. The SMILES string of the molecule is CC(Sc1nnc(-c2ccc(Cl)cc2)n1Cc1ccco1)c1nc(-c2ccccc2)no1. The molecule has 2 aromatic carbocycles. The summed E-state index contributed by atoms with van der Waals surface area (Å²) in [5.41, 5.74) is 1.82. The quantitative estimate of drug-likeness (QED) is 0.268. The molecule has 0 amide bonds. The molecule has 0 aliphatic heterocycles. The molecule has 0 fully saturated rings. The molecule has 3 heterocycles. The highest BCUT2D eigenvalue weighted by atomic mass is 35.5. The zero-order valence-electron chi connectivity index (χ0n) is 17.1. The van der Waals surface area contributed by atoms with Crippen molar-refractivity contribution in [2.24, 2.45) is 0 Å². The number of nitrogens with zero attached hydrogens (tertiary/aromatic N) is 5. The number of furan rings is 1. The Kier molecular flexibility index (Phi) is 5.79. The molecule has 0 spiro atoms. The zero-order valence-corrected chi connectivity index (χ0v) is 18.6. The van der Waals surface area contributed by atoms with Gasteiger partial charge in [0.05, 0.1) is 18.1 Å². The van der Waals surface area contributed by atoms with Crippen molar-refractivity contribution in [3.8, 4) is 22.8 Å². The van der Waals surface area contributed by atoms with Crippen LogP contribution in [-0.2, 0) is 6.54 Å². The first-order valence-corrected chi connectivity index (χ1v) is 11.2. The van der Waals surface area contributed by atoms with Gasteiger partial charge in [-0.25, -0.2) is 0 Å². The molecule has 9 heteroatoms. The van der Waals surface area contributed by atoms with Crippen molar-refractivity contribution < 1.29 is 8.94 Å². The highest BCUT2D eigenvalue weighted by molar-refractivity contribution is 7.99. The van der Waals surface area contributed by atoms with Crippen molar-refractivity contribution in [2.45, 2.75) is 23.9 Å². The maximum atomic E-state index is 6.06. The number of halogens is 1. The Hall–Kier alpha value is -3.36. The number of hydrogen-bond acceptors (Lipinski definition) is 7. The molecule has 1 atom stereocenters. The Morgan fingerprint density at radius 2 is 1.78 bits per heavy atom. The predicted octanol–water partition coefficient (Wildman–Crippen LogP) is 6.14. The lowest BCUT2D eigenvalue weighted by Gasteiger charge is -2.10. The summed E-state index contributed by atoms with van der Waals surface area (Å²) in [4.78, 5) is 4.57. The van der Waals surface area contributed by atoms with Crippen LogP contribution in [0.15, 0.2) is 87.1 Å². The van der Waals surface area contributed by atoms with E-state index in [2.05, 4.69) is 20.3 Å². The first kappa shape index (κ1) is 20.5. The van der Waals surface area contributed by atoms with Crippen LogP contribution in [0.1, 0.15) is 23.8 Å². The molecule has 160 valence electrons. The fourth-order valence-corrected chi connectivity index (χ4v) is 4.21. The summed E-state index contributed by atoms with van der Waals surface area (Å²) < 4.78 is 13.1. The summed E-state index contributed by atoms with van der Waals surface area (Å²) in [6, 6.07) is 21.0. The molecule has 32 heavy (non-hydrogen) atoms. The van der Waals surface area contributed by atoms with Gasteiger partial charge in [0.25, 0.3) is 0 Å². The highest BCUT2D eigenvalue weighted by Crippen LogP contribution is 2.36. The predicted molar refractivity (Wildman–Crippen MR) is 122 cm³/mol. The fraction of sp³-hybridized carbons (Fsp3) is 0.130. The van der Waals surface area contributed by atoms with E-state index in [-0.39, 0.29) is 5.25 Å². The molecule has 0 aliphatic rings. The maximum absolute atomic E-state index is 6.06. The number of benzene rings is 2. The van der Waals surface area contributed by atoms with Gasteiger partial charge in [-0.05, 0) is 43.3 Å². The van der Waals surface area contributed by atoms with Gasteiger partial charge in [0, 0.05) is 16.1 Å². The number of hydrogen-bond donors (Lipinski definition) is 0. The molecule has 0 saturated carbocycles. The van der Waals surface area contributed by atoms with Crippen LogP contribution in [0.4, 0.5) is 0 Å². The normalized spacial score (nSPS) is 12.2. The Bertz CT molecular complexity index is 1300. The van der Waals surface area contributed by atoms with Crippen molar-refractivity contribution >= 4 is 23.4 Å². The molecule has 0 radical (unpaired) electrons. The summed E-state index contributed by atoms with van der Waals surface area (Å²) in [6.45, 7) is 2.49. The van der Waals surface area contributed by atoms with Crippen molar-refractivity contribution in [2.75, 3.05) is 0 Å². The molecule has 5 aromatic rings. The van der Waals surface area contributed by atoms with Gasteiger partial charge in [0.2, 0.25) is 11.7 Å². The molecular formula is C23H18ClN5O2S. The van der Waals surface area contributed by atoms with E-state index in [1.54, 1.807) is 6.26 Å². The Balaban J connectivity index is 1.44. The highest BCUT2D eigenvalue weighted by Gasteiger charge is 2.22. The minimum Gasteiger partial charge on any atom is -0.467 e. The lowest BCUT2D eigenvalue weighted by Crippen LogP contribution is -2.04. The Labute approximate surface area is 193 Å². The second kappa shape index (κ2) is 9.02. The van der Waals surface area contributed by atoms with E-state index in [0.29, 0.717) is 23.3 Å². The smallest absolute Gasteiger partial charge is 0.240 e. The lowest BCUT2D eigenvalue weighted by molar-refractivity contribution is 0.380. The molecule has 0 saturated heterocycles. The summed E-state index contributed by atoms with van der Waals surface area (Å²) in [5, 5.41) is 14.3. The zero-order chi connectivity index (χ0) is 21.9. The van der Waals surface area contributed by atoms with E-state index in [4.69, 9.17) is 20.5 Å². The molecule has 0 bridgehead atoms. The third kappa shape index (κ3) is 4.32. The third-order valence-electron chi connectivity index (χ3n) is 4.82. The van der Waals surface area contributed by atoms with Gasteiger partial charge >= 0.3 is 0 Å². The van der Waals surface area contributed by atoms with E-state index >= 15 is 0 Å². The topological polar surface area (TPSA) is 82.8 Å². The van der Waals surface area contributed by atoms with Gasteiger partial charge in [0.1, 0.15) is 5.76 Å². The Morgan fingerprint density at radius 3 is 2.53 bits per heavy atom. The first-order valence-electron chi connectivity index (χ1n) is 9.94. The van der Waals surface area contributed by atoms with Crippen molar-refractivity contribution in [1.29, 1.82) is 0 Å². The van der Waals surface area contributed by atoms with E-state index in [1.165, 1.54) is 11.8 Å². The standard InChI is InChI=1S/C23H18ClN5O2S/c1-15(22-25-20(28-31-22)16-6-3-2-4-7-16)32-23-27-26-21(17-9-11-18(24)12-10-17)29(23)14-19-8-5-13-30-19/h2-13,15H,14H2,1H3. The van der Waals surface area contributed by atoms with E-state index < -0.39 is 0 Å². The van der Waals surface area contributed by atoms with Crippen LogP contribution in [0.5, 0.6) is 0 Å². The van der Waals surface area contributed by atoms with Crippen LogP contribution in [-0.4, -0.2) is 24.9 Å². The van der Waals surface area contributed by atoms with Crippen LogP contribution < -0.4 is 0 Å². The number of rotatable bonds is 7. The van der Waals surface area contributed by atoms with Crippen LogP contribution in [0.25, 0.3) is 22.8 Å². The van der Waals surface area contributed by atoms with Crippen molar-refractivity contribution in [3.63, 3.8) is 0 Å². The van der Waals surface area contributed by atoms with E-state index in [1.807, 2.05) is 78.2 Å². The minimum absolute atomic E-state index is 0.127. The maximum Gasteiger partial charge on any atom is 0.240 e. The van der Waals surface area contributed by atoms with E-state index in [0.717, 1.165) is 27.9 Å². The van der Waals surface area contributed by atoms with Gasteiger partial charge in [-0.15, -0.1) is 10.2 Å².